The topological polar surface area (TPSA) is 84.6 Å². The van der Waals surface area contributed by atoms with Crippen molar-refractivity contribution >= 4 is 18.1 Å². The molecule has 1 N–H and O–H groups in total. The molecule has 94 valence electrons. The Kier molecular flexibility index (Phi) is 4.02. The van der Waals surface area contributed by atoms with Crippen LogP contribution in [0.5, 0.6) is 0 Å². The Hall–Kier alpha value is -1.68. The van der Waals surface area contributed by atoms with Gasteiger partial charge in [-0.1, -0.05) is 0 Å². The second-order valence-corrected chi connectivity index (χ2v) is 5.18. The predicted octanol–water partition coefficient (Wildman–Crippen LogP) is 1.12. The summed E-state index contributed by atoms with van der Waals surface area (Å²) in [6, 6.07) is 0. The third-order valence-electron chi connectivity index (χ3n) is 2.31. The highest BCUT2D eigenvalue weighted by molar-refractivity contribution is 6.25. The van der Waals surface area contributed by atoms with E-state index >= 15 is 0 Å². The molecule has 1 saturated heterocycles. The van der Waals surface area contributed by atoms with Crippen LogP contribution in [-0.4, -0.2) is 46.5 Å². The van der Waals surface area contributed by atoms with Crippen molar-refractivity contribution in [3.05, 3.63) is 0 Å². The molecule has 0 atom stereocenters. The average Bonchev–Trinajstić information content (AvgIpc) is 2.07. The normalized spacial score (nSPS) is 15.8. The maximum atomic E-state index is 11.6. The van der Waals surface area contributed by atoms with Gasteiger partial charge < -0.3 is 9.64 Å². The van der Waals surface area contributed by atoms with Gasteiger partial charge in [0, 0.05) is 25.4 Å². The molecule has 1 fully saturated rings. The molecule has 6 heteroatoms. The molecule has 0 radical (unpaired) electrons. The number of hydrogen-bond donors (Lipinski definition) is 1. The van der Waals surface area contributed by atoms with E-state index in [1.807, 2.05) is 20.8 Å². The maximum Gasteiger partial charge on any atom is 0.410 e. The summed E-state index contributed by atoms with van der Waals surface area (Å²) in [6.45, 7) is 6.52. The highest BCUT2D eigenvalue weighted by Crippen LogP contribution is 2.21. The predicted molar refractivity (Wildman–Crippen MR) is 60.0 cm³/mol. The van der Waals surface area contributed by atoms with E-state index in [1.54, 1.807) is 4.90 Å². The summed E-state index contributed by atoms with van der Waals surface area (Å²) in [5.74, 6) is -0.0122. The van der Waals surface area contributed by atoms with Crippen LogP contribution in [0.25, 0.3) is 0 Å². The van der Waals surface area contributed by atoms with Crippen molar-refractivity contribution in [2.24, 2.45) is 5.92 Å². The molecule has 17 heavy (non-hydrogen) atoms. The van der Waals surface area contributed by atoms with E-state index in [0.29, 0.717) is 19.5 Å². The minimum absolute atomic E-state index is 0.160. The van der Waals surface area contributed by atoms with Gasteiger partial charge >= 0.3 is 12.3 Å². The number of hydrogen-bond acceptors (Lipinski definition) is 4. The van der Waals surface area contributed by atoms with E-state index < -0.39 is 5.60 Å². The zero-order valence-electron chi connectivity index (χ0n) is 10.4. The fraction of sp³-hybridized carbons (Fsp3) is 0.727. The molecule has 0 aromatic carbocycles. The van der Waals surface area contributed by atoms with Crippen LogP contribution in [0.4, 0.5) is 4.79 Å². The molecule has 1 rings (SSSR count). The summed E-state index contributed by atoms with van der Waals surface area (Å²) < 4.78 is 5.19. The number of rotatable bonds is 3. The minimum atomic E-state index is -0.490. The lowest BCUT2D eigenvalue weighted by Crippen LogP contribution is -2.52. The molecule has 1 heterocycles. The minimum Gasteiger partial charge on any atom is -0.444 e. The molecule has 6 nitrogen and oxygen atoms in total. The molecule has 1 amide bonds. The standard InChI is InChI=1S/C11H18N3O3/c1-11(2,3)17-10(16)14-6-8(7-14)4-9(15)5-13-12/h5,8,12H,4,6-7H2,1-3H3/q+1. The van der Waals surface area contributed by atoms with Gasteiger partial charge in [0.25, 0.3) is 0 Å². The van der Waals surface area contributed by atoms with Crippen LogP contribution in [0.15, 0.2) is 0 Å². The van der Waals surface area contributed by atoms with Crippen molar-refractivity contribution in [2.45, 2.75) is 32.8 Å². The molecule has 0 bridgehead atoms. The quantitative estimate of drug-likeness (QED) is 0.455. The van der Waals surface area contributed by atoms with E-state index in [-0.39, 0.29) is 17.8 Å². The number of Topliss-reactive ketones (excluding diaryl/α,β-unsaturated/α-hetero) is 1. The Balaban J connectivity index is 2.30. The summed E-state index contributed by atoms with van der Waals surface area (Å²) in [5, 5.41) is 0. The summed E-state index contributed by atoms with van der Waals surface area (Å²) in [5.41, 5.74) is 6.03. The van der Waals surface area contributed by atoms with E-state index in [1.165, 1.54) is 0 Å². The first-order valence-corrected chi connectivity index (χ1v) is 5.52. The fourth-order valence-corrected chi connectivity index (χ4v) is 1.58. The number of carbonyl (C=O) groups excluding carboxylic acids is 2. The molecule has 0 aromatic rings. The van der Waals surface area contributed by atoms with Crippen LogP contribution in [0.1, 0.15) is 27.2 Å². The smallest absolute Gasteiger partial charge is 0.410 e. The number of carbonyl (C=O) groups is 2. The van der Waals surface area contributed by atoms with Gasteiger partial charge in [0.2, 0.25) is 5.78 Å². The molecule has 1 aliphatic rings. The van der Waals surface area contributed by atoms with Crippen molar-refractivity contribution in [1.82, 2.24) is 4.90 Å². The SMILES string of the molecule is CC(C)(C)OC(=O)N1CC(CC(=O)C=[N+]=N)C1. The average molecular weight is 240 g/mol. The molecule has 0 aliphatic carbocycles. The molecule has 0 spiro atoms. The van der Waals surface area contributed by atoms with E-state index in [2.05, 4.69) is 4.79 Å². The number of nitrogens with zero attached hydrogens (tertiary/aromatic N) is 2. The Morgan fingerprint density at radius 2 is 2.06 bits per heavy atom. The first-order chi connectivity index (χ1) is 7.81. The van der Waals surface area contributed by atoms with Crippen LogP contribution in [0, 0.1) is 11.4 Å². The molecular weight excluding hydrogens is 222 g/mol. The van der Waals surface area contributed by atoms with E-state index in [4.69, 9.17) is 10.3 Å². The first kappa shape index (κ1) is 13.4. The number of amides is 1. The van der Waals surface area contributed by atoms with Gasteiger partial charge in [-0.05, 0) is 20.8 Å². The van der Waals surface area contributed by atoms with Crippen molar-refractivity contribution in [3.63, 3.8) is 0 Å². The van der Waals surface area contributed by atoms with Crippen LogP contribution < -0.4 is 0 Å². The van der Waals surface area contributed by atoms with Crippen molar-refractivity contribution in [1.29, 1.82) is 5.53 Å². The second kappa shape index (κ2) is 5.10. The largest absolute Gasteiger partial charge is 0.444 e. The summed E-state index contributed by atoms with van der Waals surface area (Å²) in [4.78, 5) is 27.2. The lowest BCUT2D eigenvalue weighted by atomic mass is 9.95. The highest BCUT2D eigenvalue weighted by Gasteiger charge is 2.34. The second-order valence-electron chi connectivity index (χ2n) is 5.18. The molecule has 0 aromatic heterocycles. The van der Waals surface area contributed by atoms with Gasteiger partial charge in [-0.15, -0.1) is 0 Å². The fourth-order valence-electron chi connectivity index (χ4n) is 1.58. The monoisotopic (exact) mass is 240 g/mol. The number of ether oxygens (including phenoxy) is 1. The van der Waals surface area contributed by atoms with Crippen LogP contribution >= 0.6 is 0 Å². The van der Waals surface area contributed by atoms with Crippen LogP contribution in [-0.2, 0) is 9.53 Å². The Morgan fingerprint density at radius 1 is 1.47 bits per heavy atom. The molecule has 1 aliphatic heterocycles. The lowest BCUT2D eigenvalue weighted by molar-refractivity contribution is -0.132. The van der Waals surface area contributed by atoms with Gasteiger partial charge in [-0.25, -0.2) is 4.79 Å². The molecular formula is C11H18N3O3+. The summed E-state index contributed by atoms with van der Waals surface area (Å²) >= 11 is 0. The number of ketones is 1. The lowest BCUT2D eigenvalue weighted by Gasteiger charge is -2.39. The first-order valence-electron chi connectivity index (χ1n) is 5.52. The number of nitrogens with one attached hydrogen (secondary N) is 1. The third-order valence-corrected chi connectivity index (χ3v) is 2.31. The maximum absolute atomic E-state index is 11.6. The Bertz CT molecular complexity index is 361. The zero-order valence-corrected chi connectivity index (χ0v) is 10.4. The Morgan fingerprint density at radius 3 is 2.53 bits per heavy atom. The van der Waals surface area contributed by atoms with Gasteiger partial charge in [0.1, 0.15) is 5.60 Å². The zero-order chi connectivity index (χ0) is 13.1. The third kappa shape index (κ3) is 4.36. The molecule has 0 saturated carbocycles. The van der Waals surface area contributed by atoms with Crippen LogP contribution in [0.2, 0.25) is 0 Å². The summed E-state index contributed by atoms with van der Waals surface area (Å²) in [7, 11) is 0. The van der Waals surface area contributed by atoms with Gasteiger partial charge in [0.05, 0.1) is 10.3 Å². The van der Waals surface area contributed by atoms with Crippen molar-refractivity contribution in [3.8, 4) is 0 Å². The van der Waals surface area contributed by atoms with Gasteiger partial charge in [-0.2, -0.15) is 0 Å². The van der Waals surface area contributed by atoms with Crippen molar-refractivity contribution < 1.29 is 19.1 Å². The number of likely N-dealkylation sites (tertiary alicyclic amines) is 1. The summed E-state index contributed by atoms with van der Waals surface area (Å²) in [6.07, 6.45) is 0.994. The molecule has 0 unspecified atom stereocenters. The van der Waals surface area contributed by atoms with Crippen molar-refractivity contribution in [2.75, 3.05) is 13.1 Å². The van der Waals surface area contributed by atoms with Gasteiger partial charge in [0.15, 0.2) is 0 Å². The highest BCUT2D eigenvalue weighted by atomic mass is 16.6. The van der Waals surface area contributed by atoms with Crippen LogP contribution in [0.3, 0.4) is 0 Å². The van der Waals surface area contributed by atoms with E-state index in [9.17, 15) is 9.59 Å². The van der Waals surface area contributed by atoms with E-state index in [0.717, 1.165) is 6.21 Å². The van der Waals surface area contributed by atoms with Gasteiger partial charge in [-0.3, -0.25) is 4.79 Å². The Labute approximate surface area is 100 Å².